The zero-order chi connectivity index (χ0) is 34.2. The predicted octanol–water partition coefficient (Wildman–Crippen LogP) is 13.1. The molecule has 262 valence electrons. The van der Waals surface area contributed by atoms with Crippen molar-refractivity contribution in [1.82, 2.24) is 0 Å². The average molecular weight is 651 g/mol. The zero-order valence-corrected chi connectivity index (χ0v) is 32.0. The molecule has 0 unspecified atom stereocenters. The largest absolute Gasteiger partial charge is 0.320 e. The normalized spacial score (nSPS) is 12.4. The SMILES string of the molecule is CCCC[N+](CCCC)(CCCC)Cc1ccc2ccccc2c1-c1c(C[N+](CCCC)(CCCC)CCCC)ccc2ccccc12. The van der Waals surface area contributed by atoms with Crippen LogP contribution in [0.5, 0.6) is 0 Å². The van der Waals surface area contributed by atoms with Crippen molar-refractivity contribution in [1.29, 1.82) is 0 Å². The van der Waals surface area contributed by atoms with Crippen LogP contribution in [0.1, 0.15) is 130 Å². The molecular weight excluding hydrogens is 581 g/mol. The summed E-state index contributed by atoms with van der Waals surface area (Å²) in [6.45, 7) is 24.2. The minimum Gasteiger partial charge on any atom is -0.320 e. The first-order chi connectivity index (χ1) is 23.5. The maximum absolute atomic E-state index is 2.54. The van der Waals surface area contributed by atoms with Crippen LogP contribution in [0.15, 0.2) is 72.8 Å². The first kappa shape index (κ1) is 38.1. The minimum atomic E-state index is 1.13. The van der Waals surface area contributed by atoms with E-state index in [4.69, 9.17) is 0 Å². The molecule has 0 spiro atoms. The fourth-order valence-electron chi connectivity index (χ4n) is 8.32. The molecule has 48 heavy (non-hydrogen) atoms. The Hall–Kier alpha value is -2.68. The Bertz CT molecular complexity index is 1360. The predicted molar refractivity (Wildman–Crippen MR) is 213 cm³/mol. The van der Waals surface area contributed by atoms with Gasteiger partial charge < -0.3 is 8.97 Å². The molecule has 4 rings (SSSR count). The molecule has 0 aliphatic heterocycles. The molecule has 0 N–H and O–H groups in total. The summed E-state index contributed by atoms with van der Waals surface area (Å²) in [5.41, 5.74) is 6.16. The quantitative estimate of drug-likeness (QED) is 0.0701. The highest BCUT2D eigenvalue weighted by molar-refractivity contribution is 6.07. The number of benzene rings is 4. The molecule has 0 amide bonds. The van der Waals surface area contributed by atoms with E-state index in [-0.39, 0.29) is 0 Å². The number of unbranched alkanes of at least 4 members (excludes halogenated alkanes) is 6. The van der Waals surface area contributed by atoms with Gasteiger partial charge in [-0.25, -0.2) is 0 Å². The number of quaternary nitrogens is 2. The summed E-state index contributed by atoms with van der Waals surface area (Å²) in [7, 11) is 0. The van der Waals surface area contributed by atoms with Gasteiger partial charge in [0, 0.05) is 11.1 Å². The zero-order valence-electron chi connectivity index (χ0n) is 32.0. The Balaban J connectivity index is 2.02. The molecule has 0 heterocycles. The molecule has 0 radical (unpaired) electrons. The number of hydrogen-bond acceptors (Lipinski definition) is 0. The van der Waals surface area contributed by atoms with Crippen LogP contribution in [0.4, 0.5) is 0 Å². The molecule has 4 aromatic rings. The number of fused-ring (bicyclic) bond motifs is 2. The Labute approximate surface area is 295 Å². The maximum atomic E-state index is 2.54. The van der Waals surface area contributed by atoms with Crippen LogP contribution in [0.25, 0.3) is 32.7 Å². The molecule has 0 saturated heterocycles. The number of nitrogens with zero attached hydrogens (tertiary/aromatic N) is 2. The van der Waals surface area contributed by atoms with E-state index in [1.165, 1.54) is 158 Å². The van der Waals surface area contributed by atoms with E-state index in [1.807, 2.05) is 0 Å². The third kappa shape index (κ3) is 9.72. The third-order valence-electron chi connectivity index (χ3n) is 11.2. The molecule has 0 atom stereocenters. The van der Waals surface area contributed by atoms with Crippen molar-refractivity contribution in [3.63, 3.8) is 0 Å². The molecular formula is C46H70N2+2. The summed E-state index contributed by atoms with van der Waals surface area (Å²) in [5, 5.41) is 5.60. The van der Waals surface area contributed by atoms with Crippen molar-refractivity contribution in [2.75, 3.05) is 39.3 Å². The Morgan fingerprint density at radius 1 is 0.354 bits per heavy atom. The van der Waals surface area contributed by atoms with E-state index in [2.05, 4.69) is 114 Å². The summed E-state index contributed by atoms with van der Waals surface area (Å²) in [6, 6.07) is 28.4. The van der Waals surface area contributed by atoms with Crippen LogP contribution in [0.2, 0.25) is 0 Å². The monoisotopic (exact) mass is 651 g/mol. The molecule has 0 aliphatic rings. The Morgan fingerprint density at radius 3 is 0.938 bits per heavy atom. The van der Waals surface area contributed by atoms with Crippen LogP contribution in [-0.4, -0.2) is 48.2 Å². The van der Waals surface area contributed by atoms with Gasteiger partial charge in [0.15, 0.2) is 0 Å². The summed E-state index contributed by atoms with van der Waals surface area (Å²) in [6.07, 6.45) is 15.5. The van der Waals surface area contributed by atoms with Crippen molar-refractivity contribution in [2.45, 2.75) is 132 Å². The van der Waals surface area contributed by atoms with Crippen LogP contribution < -0.4 is 0 Å². The maximum Gasteiger partial charge on any atom is 0.105 e. The van der Waals surface area contributed by atoms with E-state index >= 15 is 0 Å². The lowest BCUT2D eigenvalue weighted by Crippen LogP contribution is -2.49. The van der Waals surface area contributed by atoms with Crippen molar-refractivity contribution in [3.8, 4) is 11.1 Å². The molecule has 0 fully saturated rings. The Kier molecular flexibility index (Phi) is 15.5. The van der Waals surface area contributed by atoms with Gasteiger partial charge in [0.25, 0.3) is 0 Å². The van der Waals surface area contributed by atoms with Crippen LogP contribution in [0, 0.1) is 0 Å². The lowest BCUT2D eigenvalue weighted by molar-refractivity contribution is -0.941. The fraction of sp³-hybridized carbons (Fsp3) is 0.565. The fourth-order valence-corrected chi connectivity index (χ4v) is 8.32. The van der Waals surface area contributed by atoms with Gasteiger partial charge in [-0.15, -0.1) is 0 Å². The molecule has 2 nitrogen and oxygen atoms in total. The second-order valence-corrected chi connectivity index (χ2v) is 15.1. The van der Waals surface area contributed by atoms with Crippen LogP contribution in [0.3, 0.4) is 0 Å². The topological polar surface area (TPSA) is 0 Å². The van der Waals surface area contributed by atoms with Gasteiger partial charge in [-0.05, 0) is 71.2 Å². The molecule has 4 aromatic carbocycles. The standard InChI is InChI=1S/C46H70N2/c1-7-13-31-47(32-14-8-2,33-15-9-3)37-41-29-27-39-23-19-21-25-43(39)45(41)46-42(30-28-40-24-20-22-26-44(40)46)38-48(34-16-10-4,35-17-11-5)36-18-12-6/h19-30H,7-18,31-38H2,1-6H3/q+2. The highest BCUT2D eigenvalue weighted by Crippen LogP contribution is 2.42. The van der Waals surface area contributed by atoms with Crippen LogP contribution in [-0.2, 0) is 13.1 Å². The smallest absolute Gasteiger partial charge is 0.105 e. The van der Waals surface area contributed by atoms with Gasteiger partial charge in [0.05, 0.1) is 39.3 Å². The van der Waals surface area contributed by atoms with Crippen molar-refractivity contribution >= 4 is 21.5 Å². The van der Waals surface area contributed by atoms with Crippen LogP contribution >= 0.6 is 0 Å². The van der Waals surface area contributed by atoms with Gasteiger partial charge in [-0.2, -0.15) is 0 Å². The van der Waals surface area contributed by atoms with E-state index < -0.39 is 0 Å². The van der Waals surface area contributed by atoms with Gasteiger partial charge in [0.1, 0.15) is 13.1 Å². The number of hydrogen-bond donors (Lipinski definition) is 0. The highest BCUT2D eigenvalue weighted by atomic mass is 15.4. The molecule has 0 aliphatic carbocycles. The molecule has 2 heteroatoms. The second-order valence-electron chi connectivity index (χ2n) is 15.1. The van der Waals surface area contributed by atoms with E-state index in [9.17, 15) is 0 Å². The highest BCUT2D eigenvalue weighted by Gasteiger charge is 2.32. The molecule has 0 saturated carbocycles. The van der Waals surface area contributed by atoms with E-state index in [0.717, 1.165) is 13.1 Å². The van der Waals surface area contributed by atoms with Gasteiger partial charge in [-0.1, -0.05) is 153 Å². The van der Waals surface area contributed by atoms with Gasteiger partial charge >= 0.3 is 0 Å². The lowest BCUT2D eigenvalue weighted by Gasteiger charge is -2.41. The first-order valence-electron chi connectivity index (χ1n) is 20.2. The van der Waals surface area contributed by atoms with E-state index in [1.54, 1.807) is 11.1 Å². The van der Waals surface area contributed by atoms with Gasteiger partial charge in [0.2, 0.25) is 0 Å². The summed E-state index contributed by atoms with van der Waals surface area (Å²) < 4.78 is 2.45. The molecule has 0 aromatic heterocycles. The lowest BCUT2D eigenvalue weighted by atomic mass is 9.86. The van der Waals surface area contributed by atoms with Crippen molar-refractivity contribution in [2.24, 2.45) is 0 Å². The van der Waals surface area contributed by atoms with Gasteiger partial charge in [-0.3, -0.25) is 0 Å². The van der Waals surface area contributed by atoms with Crippen molar-refractivity contribution < 1.29 is 8.97 Å². The summed E-state index contributed by atoms with van der Waals surface area (Å²) in [4.78, 5) is 0. The second kappa shape index (κ2) is 19.5. The molecule has 0 bridgehead atoms. The first-order valence-corrected chi connectivity index (χ1v) is 20.2. The average Bonchev–Trinajstić information content (AvgIpc) is 3.12. The summed E-state index contributed by atoms with van der Waals surface area (Å²) in [5.74, 6) is 0. The summed E-state index contributed by atoms with van der Waals surface area (Å²) >= 11 is 0. The third-order valence-corrected chi connectivity index (χ3v) is 11.2. The number of rotatable bonds is 23. The Morgan fingerprint density at radius 2 is 0.646 bits per heavy atom. The van der Waals surface area contributed by atoms with E-state index in [0.29, 0.717) is 0 Å². The minimum absolute atomic E-state index is 1.13. The van der Waals surface area contributed by atoms with Crippen molar-refractivity contribution in [3.05, 3.63) is 83.9 Å².